The maximum absolute atomic E-state index is 13.1. The van der Waals surface area contributed by atoms with E-state index in [1.807, 2.05) is 30.3 Å². The summed E-state index contributed by atoms with van der Waals surface area (Å²) in [6.45, 7) is 2.35. The minimum absolute atomic E-state index is 0. The largest absolute Gasteiger partial charge is 0.465 e. The second-order valence-corrected chi connectivity index (χ2v) is 8.25. The van der Waals surface area contributed by atoms with Crippen LogP contribution < -0.4 is 5.73 Å². The highest BCUT2D eigenvalue weighted by atomic mass is 35.5. The Morgan fingerprint density at radius 1 is 1.23 bits per heavy atom. The van der Waals surface area contributed by atoms with E-state index in [1.54, 1.807) is 12.3 Å². The molecule has 2 aromatic rings. The maximum atomic E-state index is 13.1. The molecule has 9 heteroatoms. The van der Waals surface area contributed by atoms with E-state index in [0.717, 1.165) is 16.9 Å². The molecular weight excluding hydrogens is 396 g/mol. The molecule has 0 aliphatic rings. The Labute approximate surface area is 164 Å². The van der Waals surface area contributed by atoms with Crippen LogP contribution in [0, 0.1) is 6.92 Å². The van der Waals surface area contributed by atoms with Crippen molar-refractivity contribution in [2.45, 2.75) is 18.2 Å². The van der Waals surface area contributed by atoms with Crippen molar-refractivity contribution in [2.75, 3.05) is 26.7 Å². The number of thiophene rings is 1. The van der Waals surface area contributed by atoms with Crippen molar-refractivity contribution < 1.29 is 17.9 Å². The monoisotopic (exact) mass is 418 g/mol. The van der Waals surface area contributed by atoms with Crippen molar-refractivity contribution in [3.63, 3.8) is 0 Å². The molecule has 0 atom stereocenters. The summed E-state index contributed by atoms with van der Waals surface area (Å²) in [5.41, 5.74) is 7.19. The van der Waals surface area contributed by atoms with Crippen LogP contribution in [-0.4, -0.2) is 45.4 Å². The van der Waals surface area contributed by atoms with Crippen molar-refractivity contribution in [2.24, 2.45) is 5.73 Å². The van der Waals surface area contributed by atoms with Gasteiger partial charge in [-0.05, 0) is 29.9 Å². The summed E-state index contributed by atoms with van der Waals surface area (Å²) in [5.74, 6) is -0.646. The molecule has 0 aliphatic heterocycles. The maximum Gasteiger partial charge on any atom is 0.349 e. The zero-order chi connectivity index (χ0) is 18.4. The SMILES string of the molecule is COC(=O)c1scc(C)c1S(=O)(=O)N(CCN)CCc1ccccc1.Cl. The number of rotatable bonds is 8. The molecule has 0 radical (unpaired) electrons. The van der Waals surface area contributed by atoms with Gasteiger partial charge < -0.3 is 10.5 Å². The van der Waals surface area contributed by atoms with Crippen molar-refractivity contribution >= 4 is 39.7 Å². The predicted molar refractivity (Wildman–Crippen MR) is 106 cm³/mol. The first-order valence-corrected chi connectivity index (χ1v) is 10.1. The molecule has 2 rings (SSSR count). The number of sulfonamides is 1. The number of benzene rings is 1. The van der Waals surface area contributed by atoms with Gasteiger partial charge in [0.05, 0.1) is 7.11 Å². The fourth-order valence-electron chi connectivity index (χ4n) is 2.51. The summed E-state index contributed by atoms with van der Waals surface area (Å²) >= 11 is 1.07. The minimum atomic E-state index is -3.84. The van der Waals surface area contributed by atoms with Crippen LogP contribution in [0.3, 0.4) is 0 Å². The third kappa shape index (κ3) is 5.05. The number of ether oxygens (including phenoxy) is 1. The number of carbonyl (C=O) groups excluding carboxylic acids is 1. The third-order valence-electron chi connectivity index (χ3n) is 3.76. The van der Waals surface area contributed by atoms with Crippen LogP contribution in [-0.2, 0) is 21.2 Å². The first-order valence-electron chi connectivity index (χ1n) is 7.82. The van der Waals surface area contributed by atoms with Gasteiger partial charge in [0.15, 0.2) is 0 Å². The molecule has 1 aromatic heterocycles. The summed E-state index contributed by atoms with van der Waals surface area (Å²) in [7, 11) is -2.61. The van der Waals surface area contributed by atoms with Crippen molar-refractivity contribution in [1.82, 2.24) is 4.31 Å². The Hall–Kier alpha value is -1.45. The van der Waals surface area contributed by atoms with Crippen molar-refractivity contribution in [1.29, 1.82) is 0 Å². The Morgan fingerprint density at radius 2 is 1.88 bits per heavy atom. The zero-order valence-electron chi connectivity index (χ0n) is 14.7. The van der Waals surface area contributed by atoms with Gasteiger partial charge in [-0.2, -0.15) is 4.31 Å². The lowest BCUT2D eigenvalue weighted by Gasteiger charge is -2.22. The molecule has 0 aliphatic carbocycles. The average molecular weight is 419 g/mol. The van der Waals surface area contributed by atoms with Gasteiger partial charge in [0.2, 0.25) is 10.0 Å². The van der Waals surface area contributed by atoms with E-state index < -0.39 is 16.0 Å². The number of esters is 1. The lowest BCUT2D eigenvalue weighted by Crippen LogP contribution is -2.37. The first-order chi connectivity index (χ1) is 11.9. The number of carbonyl (C=O) groups is 1. The predicted octanol–water partition coefficient (Wildman–Crippen LogP) is 2.46. The molecule has 0 saturated carbocycles. The van der Waals surface area contributed by atoms with Gasteiger partial charge in [0, 0.05) is 19.6 Å². The van der Waals surface area contributed by atoms with Crippen molar-refractivity contribution in [3.05, 3.63) is 51.7 Å². The summed E-state index contributed by atoms with van der Waals surface area (Å²) in [5, 5.41) is 1.65. The van der Waals surface area contributed by atoms with E-state index >= 15 is 0 Å². The molecule has 0 fully saturated rings. The third-order valence-corrected chi connectivity index (χ3v) is 7.05. The molecule has 1 heterocycles. The highest BCUT2D eigenvalue weighted by Gasteiger charge is 2.32. The Balaban J connectivity index is 0.00000338. The number of methoxy groups -OCH3 is 1. The molecule has 0 bridgehead atoms. The van der Waals surface area contributed by atoms with E-state index in [9.17, 15) is 13.2 Å². The lowest BCUT2D eigenvalue weighted by molar-refractivity contribution is 0.0602. The number of hydrogen-bond donors (Lipinski definition) is 1. The molecule has 26 heavy (non-hydrogen) atoms. The van der Waals surface area contributed by atoms with Gasteiger partial charge in [-0.1, -0.05) is 30.3 Å². The molecule has 1 aromatic carbocycles. The van der Waals surface area contributed by atoms with Crippen LogP contribution in [0.2, 0.25) is 0 Å². The van der Waals surface area contributed by atoms with Crippen LogP contribution in [0.1, 0.15) is 20.8 Å². The van der Waals surface area contributed by atoms with Gasteiger partial charge in [0.25, 0.3) is 0 Å². The van der Waals surface area contributed by atoms with Crippen LogP contribution in [0.4, 0.5) is 0 Å². The van der Waals surface area contributed by atoms with Gasteiger partial charge in [-0.3, -0.25) is 0 Å². The number of halogens is 1. The fraction of sp³-hybridized carbons (Fsp3) is 0.353. The Morgan fingerprint density at radius 3 is 2.46 bits per heavy atom. The lowest BCUT2D eigenvalue weighted by atomic mass is 10.1. The minimum Gasteiger partial charge on any atom is -0.465 e. The molecule has 0 saturated heterocycles. The first kappa shape index (κ1) is 22.6. The average Bonchev–Trinajstić information content (AvgIpc) is 3.01. The molecule has 0 spiro atoms. The molecule has 144 valence electrons. The summed E-state index contributed by atoms with van der Waals surface area (Å²) in [6.07, 6.45) is 0.566. The smallest absolute Gasteiger partial charge is 0.349 e. The van der Waals surface area contributed by atoms with Crippen LogP contribution in [0.15, 0.2) is 40.6 Å². The van der Waals surface area contributed by atoms with Gasteiger partial charge in [-0.15, -0.1) is 23.7 Å². The normalized spacial score (nSPS) is 11.2. The second kappa shape index (κ2) is 10.0. The fourth-order valence-corrected chi connectivity index (χ4v) is 5.63. The van der Waals surface area contributed by atoms with E-state index in [0.29, 0.717) is 18.5 Å². The number of hydrogen-bond acceptors (Lipinski definition) is 6. The number of nitrogens with zero attached hydrogens (tertiary/aromatic N) is 1. The van der Waals surface area contributed by atoms with Crippen LogP contribution in [0.5, 0.6) is 0 Å². The summed E-state index contributed by atoms with van der Waals surface area (Å²) < 4.78 is 32.3. The van der Waals surface area contributed by atoms with Gasteiger partial charge in [0.1, 0.15) is 9.77 Å². The highest BCUT2D eigenvalue weighted by Crippen LogP contribution is 2.30. The molecule has 0 amide bonds. The highest BCUT2D eigenvalue weighted by molar-refractivity contribution is 7.89. The molecule has 2 N–H and O–H groups in total. The quantitative estimate of drug-likeness (QED) is 0.665. The second-order valence-electron chi connectivity index (χ2n) is 5.50. The zero-order valence-corrected chi connectivity index (χ0v) is 17.1. The van der Waals surface area contributed by atoms with Crippen LogP contribution >= 0.6 is 23.7 Å². The molecular formula is C17H23ClN2O4S2. The standard InChI is InChI=1S/C17H22N2O4S2.ClH/c1-13-12-24-15(17(20)23-2)16(13)25(21,22)19(11-9-18)10-8-14-6-4-3-5-7-14;/h3-7,12H,8-11,18H2,1-2H3;1H. The summed E-state index contributed by atoms with van der Waals surface area (Å²) in [6, 6.07) is 9.63. The van der Waals surface area contributed by atoms with Crippen LogP contribution in [0.25, 0.3) is 0 Å². The number of nitrogens with two attached hydrogens (primary N) is 1. The Kier molecular flexibility index (Phi) is 8.72. The van der Waals surface area contributed by atoms with Gasteiger partial charge >= 0.3 is 5.97 Å². The Bertz CT molecular complexity index is 823. The topological polar surface area (TPSA) is 89.7 Å². The number of aryl methyl sites for hydroxylation is 1. The molecule has 6 nitrogen and oxygen atoms in total. The van der Waals surface area contributed by atoms with Crippen molar-refractivity contribution in [3.8, 4) is 0 Å². The van der Waals surface area contributed by atoms with E-state index in [1.165, 1.54) is 11.4 Å². The molecule has 0 unspecified atom stereocenters. The van der Waals surface area contributed by atoms with E-state index in [2.05, 4.69) is 0 Å². The van der Waals surface area contributed by atoms with E-state index in [4.69, 9.17) is 10.5 Å². The van der Waals surface area contributed by atoms with E-state index in [-0.39, 0.29) is 35.3 Å². The summed E-state index contributed by atoms with van der Waals surface area (Å²) in [4.78, 5) is 12.1. The van der Waals surface area contributed by atoms with Gasteiger partial charge in [-0.25, -0.2) is 13.2 Å².